The van der Waals surface area contributed by atoms with E-state index in [0.29, 0.717) is 6.61 Å². The van der Waals surface area contributed by atoms with Crippen molar-refractivity contribution in [1.29, 1.82) is 0 Å². The maximum atomic E-state index is 11.5. The summed E-state index contributed by atoms with van der Waals surface area (Å²) in [6.07, 6.45) is 2.70. The number of non-ortho nitro benzene ring substituents is 1. The molecule has 0 heterocycles. The molecule has 3 saturated carbocycles. The van der Waals surface area contributed by atoms with Gasteiger partial charge in [0.15, 0.2) is 0 Å². The predicted molar refractivity (Wildman–Crippen MR) is 64.8 cm³/mol. The van der Waals surface area contributed by atoms with Gasteiger partial charge in [-0.25, -0.2) is 4.79 Å². The Morgan fingerprint density at radius 3 is 2.42 bits per heavy atom. The minimum absolute atomic E-state index is 0.0467. The van der Waals surface area contributed by atoms with Crippen LogP contribution >= 0.6 is 0 Å². The van der Waals surface area contributed by atoms with E-state index in [0.717, 1.165) is 25.2 Å². The standard InChI is InChI=1S/C13H13NO5/c15-12(18-8-13-5-9(6-13)7-13)19-11-3-1-10(2-4-11)14(16)17/h1-4,9H,5-8H2. The molecule has 4 rings (SSSR count). The summed E-state index contributed by atoms with van der Waals surface area (Å²) in [4.78, 5) is 21.4. The van der Waals surface area contributed by atoms with Crippen molar-refractivity contribution in [3.8, 4) is 5.75 Å². The first-order valence-corrected chi connectivity index (χ1v) is 6.15. The van der Waals surface area contributed by atoms with Crippen LogP contribution in [0.3, 0.4) is 0 Å². The number of nitro benzene ring substituents is 1. The SMILES string of the molecule is O=C(OCC12CC(C1)C2)Oc1ccc([N+](=O)[O-])cc1. The Bertz CT molecular complexity index is 507. The summed E-state index contributed by atoms with van der Waals surface area (Å²) in [6, 6.07) is 5.31. The monoisotopic (exact) mass is 263 g/mol. The molecule has 3 fully saturated rings. The van der Waals surface area contributed by atoms with Gasteiger partial charge in [-0.2, -0.15) is 0 Å². The van der Waals surface area contributed by atoms with Gasteiger partial charge >= 0.3 is 6.16 Å². The number of nitrogens with zero attached hydrogens (tertiary/aromatic N) is 1. The van der Waals surface area contributed by atoms with Crippen molar-refractivity contribution in [1.82, 2.24) is 0 Å². The second kappa shape index (κ2) is 4.22. The molecule has 0 N–H and O–H groups in total. The van der Waals surface area contributed by atoms with Crippen LogP contribution in [-0.2, 0) is 4.74 Å². The maximum absolute atomic E-state index is 11.5. The van der Waals surface area contributed by atoms with Gasteiger partial charge in [0.05, 0.1) is 4.92 Å². The number of hydrogen-bond acceptors (Lipinski definition) is 5. The van der Waals surface area contributed by atoms with Crippen LogP contribution in [0.15, 0.2) is 24.3 Å². The minimum atomic E-state index is -0.751. The molecule has 3 aliphatic rings. The van der Waals surface area contributed by atoms with Gasteiger partial charge in [0.25, 0.3) is 5.69 Å². The molecule has 0 aromatic heterocycles. The first-order valence-electron chi connectivity index (χ1n) is 6.15. The number of hydrogen-bond donors (Lipinski definition) is 0. The second-order valence-corrected chi connectivity index (χ2v) is 5.37. The van der Waals surface area contributed by atoms with Crippen LogP contribution in [-0.4, -0.2) is 17.7 Å². The predicted octanol–water partition coefficient (Wildman–Crippen LogP) is 2.91. The zero-order chi connectivity index (χ0) is 13.5. The molecular formula is C13H13NO5. The van der Waals surface area contributed by atoms with E-state index < -0.39 is 11.1 Å². The molecular weight excluding hydrogens is 250 g/mol. The molecule has 6 nitrogen and oxygen atoms in total. The van der Waals surface area contributed by atoms with Gasteiger partial charge in [0.2, 0.25) is 0 Å². The third kappa shape index (κ3) is 2.25. The number of benzene rings is 1. The molecule has 19 heavy (non-hydrogen) atoms. The largest absolute Gasteiger partial charge is 0.513 e. The Morgan fingerprint density at radius 2 is 1.95 bits per heavy atom. The quantitative estimate of drug-likeness (QED) is 0.361. The molecule has 0 saturated heterocycles. The third-order valence-corrected chi connectivity index (χ3v) is 3.91. The van der Waals surface area contributed by atoms with Gasteiger partial charge in [0.1, 0.15) is 12.4 Å². The van der Waals surface area contributed by atoms with Gasteiger partial charge in [0, 0.05) is 17.5 Å². The number of ether oxygens (including phenoxy) is 2. The van der Waals surface area contributed by atoms with Crippen molar-refractivity contribution in [3.63, 3.8) is 0 Å². The summed E-state index contributed by atoms with van der Waals surface area (Å²) in [5, 5.41) is 10.5. The first-order chi connectivity index (χ1) is 9.06. The number of rotatable bonds is 4. The van der Waals surface area contributed by atoms with E-state index in [1.54, 1.807) is 0 Å². The Kier molecular flexibility index (Phi) is 2.66. The maximum Gasteiger partial charge on any atom is 0.513 e. The Hall–Kier alpha value is -2.11. The van der Waals surface area contributed by atoms with E-state index in [1.807, 2.05) is 0 Å². The highest BCUT2D eigenvalue weighted by molar-refractivity contribution is 5.64. The summed E-state index contributed by atoms with van der Waals surface area (Å²) in [6.45, 7) is 0.412. The lowest BCUT2D eigenvalue weighted by Gasteiger charge is -2.61. The molecule has 3 aliphatic carbocycles. The van der Waals surface area contributed by atoms with Gasteiger partial charge in [-0.15, -0.1) is 0 Å². The van der Waals surface area contributed by atoms with Crippen LogP contribution in [0.4, 0.5) is 10.5 Å². The van der Waals surface area contributed by atoms with Crippen molar-refractivity contribution in [2.75, 3.05) is 6.61 Å². The summed E-state index contributed by atoms with van der Waals surface area (Å²) in [5.74, 6) is 1.09. The smallest absolute Gasteiger partial charge is 0.433 e. The second-order valence-electron chi connectivity index (χ2n) is 5.37. The highest BCUT2D eigenvalue weighted by atomic mass is 16.7. The summed E-state index contributed by atoms with van der Waals surface area (Å²) in [5.41, 5.74) is 0.175. The average Bonchev–Trinajstić information content (AvgIpc) is 2.26. The minimum Gasteiger partial charge on any atom is -0.433 e. The molecule has 0 aliphatic heterocycles. The number of carbonyl (C=O) groups is 1. The number of carbonyl (C=O) groups excluding carboxylic acids is 1. The van der Waals surface area contributed by atoms with Gasteiger partial charge < -0.3 is 9.47 Å². The van der Waals surface area contributed by atoms with Crippen LogP contribution in [0, 0.1) is 21.4 Å². The van der Waals surface area contributed by atoms with E-state index in [4.69, 9.17) is 9.47 Å². The Balaban J connectivity index is 1.49. The Labute approximate surface area is 109 Å². The van der Waals surface area contributed by atoms with Crippen LogP contribution in [0.1, 0.15) is 19.3 Å². The highest BCUT2D eigenvalue weighted by Gasteiger charge is 2.57. The molecule has 100 valence electrons. The summed E-state index contributed by atoms with van der Waals surface area (Å²) in [7, 11) is 0. The highest BCUT2D eigenvalue weighted by Crippen LogP contribution is 2.64. The van der Waals surface area contributed by atoms with E-state index in [1.165, 1.54) is 24.3 Å². The van der Waals surface area contributed by atoms with E-state index >= 15 is 0 Å². The third-order valence-electron chi connectivity index (χ3n) is 3.91. The van der Waals surface area contributed by atoms with E-state index in [9.17, 15) is 14.9 Å². The van der Waals surface area contributed by atoms with Crippen molar-refractivity contribution in [2.24, 2.45) is 11.3 Å². The van der Waals surface area contributed by atoms with Crippen LogP contribution in [0.25, 0.3) is 0 Å². The lowest BCUT2D eigenvalue weighted by Crippen LogP contribution is -2.54. The fraction of sp³-hybridized carbons (Fsp3) is 0.462. The fourth-order valence-electron chi connectivity index (χ4n) is 2.81. The van der Waals surface area contributed by atoms with Crippen LogP contribution < -0.4 is 4.74 Å². The topological polar surface area (TPSA) is 78.7 Å². The van der Waals surface area contributed by atoms with E-state index in [-0.39, 0.29) is 16.9 Å². The van der Waals surface area contributed by atoms with Gasteiger partial charge in [-0.1, -0.05) is 0 Å². The molecule has 2 bridgehead atoms. The zero-order valence-electron chi connectivity index (χ0n) is 10.2. The van der Waals surface area contributed by atoms with Crippen molar-refractivity contribution in [2.45, 2.75) is 19.3 Å². The summed E-state index contributed by atoms with van der Waals surface area (Å²) < 4.78 is 10.0. The molecule has 0 atom stereocenters. The van der Waals surface area contributed by atoms with Crippen LogP contribution in [0.2, 0.25) is 0 Å². The van der Waals surface area contributed by atoms with Crippen molar-refractivity contribution in [3.05, 3.63) is 34.4 Å². The molecule has 6 heteroatoms. The molecule has 0 unspecified atom stereocenters. The molecule has 1 aromatic carbocycles. The van der Waals surface area contributed by atoms with Gasteiger partial charge in [-0.3, -0.25) is 10.1 Å². The van der Waals surface area contributed by atoms with Crippen molar-refractivity contribution < 1.29 is 19.2 Å². The first kappa shape index (κ1) is 12.0. The molecule has 0 radical (unpaired) electrons. The normalized spacial score (nSPS) is 26.8. The van der Waals surface area contributed by atoms with Crippen LogP contribution in [0.5, 0.6) is 5.75 Å². The zero-order valence-corrected chi connectivity index (χ0v) is 10.2. The summed E-state index contributed by atoms with van der Waals surface area (Å²) >= 11 is 0. The number of nitro groups is 1. The molecule has 1 aromatic rings. The van der Waals surface area contributed by atoms with Gasteiger partial charge in [-0.05, 0) is 37.3 Å². The average molecular weight is 263 g/mol. The molecule has 0 spiro atoms. The Morgan fingerprint density at radius 1 is 1.32 bits per heavy atom. The fourth-order valence-corrected chi connectivity index (χ4v) is 2.81. The van der Waals surface area contributed by atoms with E-state index in [2.05, 4.69) is 0 Å². The lowest BCUT2D eigenvalue weighted by atomic mass is 9.45. The molecule has 0 amide bonds. The lowest BCUT2D eigenvalue weighted by molar-refractivity contribution is -0.384. The van der Waals surface area contributed by atoms with Crippen molar-refractivity contribution >= 4 is 11.8 Å².